The normalized spacial score (nSPS) is 12.1. The summed E-state index contributed by atoms with van der Waals surface area (Å²) < 4.78 is 55.7. The maximum Gasteiger partial charge on any atom is 0.416 e. The zero-order chi connectivity index (χ0) is 21.6. The molecule has 0 saturated carbocycles. The molecule has 0 radical (unpaired) electrons. The Kier molecular flexibility index (Phi) is 4.76. The van der Waals surface area contributed by atoms with E-state index in [0.29, 0.717) is 28.2 Å². The van der Waals surface area contributed by atoms with Crippen LogP contribution in [0.15, 0.2) is 60.8 Å². The molecule has 0 aliphatic carbocycles. The van der Waals surface area contributed by atoms with E-state index in [9.17, 15) is 22.7 Å². The summed E-state index contributed by atoms with van der Waals surface area (Å²) in [6.07, 6.45) is -2.79. The van der Waals surface area contributed by atoms with Crippen LogP contribution in [0.25, 0.3) is 28.0 Å². The number of rotatable bonds is 3. The minimum Gasteiger partial charge on any atom is -0.508 e. The summed E-state index contributed by atoms with van der Waals surface area (Å²) >= 11 is 0. The van der Waals surface area contributed by atoms with Crippen molar-refractivity contribution in [2.75, 3.05) is 0 Å². The van der Waals surface area contributed by atoms with E-state index >= 15 is 0 Å². The van der Waals surface area contributed by atoms with Crippen molar-refractivity contribution in [3.63, 3.8) is 0 Å². The fourth-order valence-electron chi connectivity index (χ4n) is 3.48. The van der Waals surface area contributed by atoms with E-state index in [4.69, 9.17) is 0 Å². The van der Waals surface area contributed by atoms with E-state index in [0.717, 1.165) is 18.2 Å². The highest BCUT2D eigenvalue weighted by Gasteiger charge is 2.30. The molecule has 0 saturated heterocycles. The highest BCUT2D eigenvalue weighted by Crippen LogP contribution is 2.36. The molecule has 0 aliphatic heterocycles. The van der Waals surface area contributed by atoms with Crippen molar-refractivity contribution in [1.29, 1.82) is 0 Å². The van der Waals surface area contributed by atoms with Gasteiger partial charge in [0, 0.05) is 17.8 Å². The topological polar surface area (TPSA) is 37.5 Å². The van der Waals surface area contributed by atoms with E-state index in [2.05, 4.69) is 4.98 Å². The Morgan fingerprint density at radius 3 is 2.40 bits per heavy atom. The predicted molar refractivity (Wildman–Crippen MR) is 107 cm³/mol. The van der Waals surface area contributed by atoms with Crippen LogP contribution in [0.4, 0.5) is 17.6 Å². The molecule has 30 heavy (non-hydrogen) atoms. The van der Waals surface area contributed by atoms with Crippen LogP contribution in [0.5, 0.6) is 5.75 Å². The summed E-state index contributed by atoms with van der Waals surface area (Å²) in [7, 11) is 0. The number of phenols is 1. The second kappa shape index (κ2) is 7.16. The molecule has 0 amide bonds. The Labute approximate surface area is 170 Å². The predicted octanol–water partition coefficient (Wildman–Crippen LogP) is 6.66. The van der Waals surface area contributed by atoms with Gasteiger partial charge in [-0.3, -0.25) is 4.40 Å². The number of fused-ring (bicyclic) bond motifs is 1. The van der Waals surface area contributed by atoms with Crippen LogP contribution in [-0.4, -0.2) is 14.5 Å². The van der Waals surface area contributed by atoms with Crippen LogP contribution in [-0.2, 0) is 6.18 Å². The lowest BCUT2D eigenvalue weighted by Crippen LogP contribution is -2.04. The number of aromatic nitrogens is 2. The number of benzene rings is 2. The van der Waals surface area contributed by atoms with E-state index < -0.39 is 17.6 Å². The van der Waals surface area contributed by atoms with E-state index in [-0.39, 0.29) is 17.2 Å². The van der Waals surface area contributed by atoms with E-state index in [1.54, 1.807) is 28.8 Å². The molecular formula is C23H18F4N2O. The molecule has 1 N–H and O–H groups in total. The zero-order valence-electron chi connectivity index (χ0n) is 16.2. The van der Waals surface area contributed by atoms with Gasteiger partial charge in [0.2, 0.25) is 0 Å². The van der Waals surface area contributed by atoms with Gasteiger partial charge in [0.05, 0.1) is 17.0 Å². The number of pyridine rings is 1. The molecule has 2 aromatic carbocycles. The summed E-state index contributed by atoms with van der Waals surface area (Å²) in [4.78, 5) is 4.60. The Hall–Kier alpha value is -3.35. The summed E-state index contributed by atoms with van der Waals surface area (Å²) in [5.74, 6) is -0.825. The number of imidazole rings is 1. The lowest BCUT2D eigenvalue weighted by atomic mass is 10.0. The van der Waals surface area contributed by atoms with Gasteiger partial charge in [-0.2, -0.15) is 13.2 Å². The molecule has 0 unspecified atom stereocenters. The maximum absolute atomic E-state index is 14.7. The standard InChI is InChI=1S/C23H18F4N2O/c1-13(2)21-22(18-8-7-17(30)11-19(18)24)29-12-15(6-9-20(29)28-21)14-4-3-5-16(10-14)23(25,26)27/h3-13,30H,1-2H3. The van der Waals surface area contributed by atoms with Crippen LogP contribution in [0.2, 0.25) is 0 Å². The number of alkyl halides is 3. The molecule has 154 valence electrons. The van der Waals surface area contributed by atoms with Crippen LogP contribution in [0.3, 0.4) is 0 Å². The fraction of sp³-hybridized carbons (Fsp3) is 0.174. The summed E-state index contributed by atoms with van der Waals surface area (Å²) in [6.45, 7) is 3.86. The third-order valence-corrected chi connectivity index (χ3v) is 4.92. The van der Waals surface area contributed by atoms with Crippen LogP contribution >= 0.6 is 0 Å². The van der Waals surface area contributed by atoms with Crippen molar-refractivity contribution in [1.82, 2.24) is 9.38 Å². The summed E-state index contributed by atoms with van der Waals surface area (Å²) in [5.41, 5.74) is 2.16. The van der Waals surface area contributed by atoms with Crippen molar-refractivity contribution in [2.24, 2.45) is 0 Å². The molecule has 4 rings (SSSR count). The van der Waals surface area contributed by atoms with Gasteiger partial charge in [-0.25, -0.2) is 9.37 Å². The molecule has 0 bridgehead atoms. The number of aromatic hydroxyl groups is 1. The first-order valence-corrected chi connectivity index (χ1v) is 9.33. The average Bonchev–Trinajstić information content (AvgIpc) is 3.06. The molecule has 0 atom stereocenters. The highest BCUT2D eigenvalue weighted by atomic mass is 19.4. The number of halogens is 4. The second-order valence-corrected chi connectivity index (χ2v) is 7.39. The van der Waals surface area contributed by atoms with Gasteiger partial charge in [0.1, 0.15) is 17.2 Å². The number of phenolic OH excluding ortho intramolecular Hbond substituents is 1. The van der Waals surface area contributed by atoms with Crippen LogP contribution in [0.1, 0.15) is 31.0 Å². The lowest BCUT2D eigenvalue weighted by molar-refractivity contribution is -0.137. The summed E-state index contributed by atoms with van der Waals surface area (Å²) in [6, 6.07) is 12.3. The number of nitrogens with zero attached hydrogens (tertiary/aromatic N) is 2. The average molecular weight is 414 g/mol. The number of hydrogen-bond donors (Lipinski definition) is 1. The minimum atomic E-state index is -4.44. The molecule has 0 fully saturated rings. The van der Waals surface area contributed by atoms with Crippen molar-refractivity contribution in [3.05, 3.63) is 77.9 Å². The Balaban J connectivity index is 1.95. The smallest absolute Gasteiger partial charge is 0.416 e. The Morgan fingerprint density at radius 2 is 1.73 bits per heavy atom. The third kappa shape index (κ3) is 3.51. The molecule has 4 aromatic rings. The van der Waals surface area contributed by atoms with Crippen molar-refractivity contribution in [2.45, 2.75) is 25.9 Å². The van der Waals surface area contributed by atoms with Gasteiger partial charge >= 0.3 is 6.18 Å². The first-order valence-electron chi connectivity index (χ1n) is 9.33. The fourth-order valence-corrected chi connectivity index (χ4v) is 3.48. The quantitative estimate of drug-likeness (QED) is 0.381. The summed E-state index contributed by atoms with van der Waals surface area (Å²) in [5, 5.41) is 9.56. The van der Waals surface area contributed by atoms with Crippen LogP contribution in [0, 0.1) is 5.82 Å². The Morgan fingerprint density at radius 1 is 0.967 bits per heavy atom. The SMILES string of the molecule is CC(C)c1nc2ccc(-c3cccc(C(F)(F)F)c3)cn2c1-c1ccc(O)cc1F. The molecule has 2 aromatic heterocycles. The molecule has 0 aliphatic rings. The highest BCUT2D eigenvalue weighted by molar-refractivity contribution is 5.72. The molecule has 0 spiro atoms. The molecular weight excluding hydrogens is 396 g/mol. The zero-order valence-corrected chi connectivity index (χ0v) is 16.2. The van der Waals surface area contributed by atoms with Gasteiger partial charge < -0.3 is 5.11 Å². The maximum atomic E-state index is 14.7. The van der Waals surface area contributed by atoms with Gasteiger partial charge in [-0.15, -0.1) is 0 Å². The van der Waals surface area contributed by atoms with Gasteiger partial charge in [0.25, 0.3) is 0 Å². The van der Waals surface area contributed by atoms with Crippen LogP contribution < -0.4 is 0 Å². The van der Waals surface area contributed by atoms with Gasteiger partial charge in [-0.1, -0.05) is 26.0 Å². The van der Waals surface area contributed by atoms with Crippen molar-refractivity contribution >= 4 is 5.65 Å². The second-order valence-electron chi connectivity index (χ2n) is 7.39. The largest absolute Gasteiger partial charge is 0.508 e. The molecule has 7 heteroatoms. The third-order valence-electron chi connectivity index (χ3n) is 4.92. The lowest BCUT2D eigenvalue weighted by Gasteiger charge is -2.11. The van der Waals surface area contributed by atoms with E-state index in [1.165, 1.54) is 18.2 Å². The van der Waals surface area contributed by atoms with Crippen molar-refractivity contribution < 1.29 is 22.7 Å². The van der Waals surface area contributed by atoms with E-state index in [1.807, 2.05) is 13.8 Å². The Bertz CT molecular complexity index is 1240. The molecule has 2 heterocycles. The first-order chi connectivity index (χ1) is 14.1. The number of hydrogen-bond acceptors (Lipinski definition) is 2. The first kappa shape index (κ1) is 19.9. The van der Waals surface area contributed by atoms with Crippen molar-refractivity contribution in [3.8, 4) is 28.1 Å². The van der Waals surface area contributed by atoms with Gasteiger partial charge in [-0.05, 0) is 53.4 Å². The minimum absolute atomic E-state index is 0.0230. The molecule has 3 nitrogen and oxygen atoms in total. The monoisotopic (exact) mass is 414 g/mol. The van der Waals surface area contributed by atoms with Gasteiger partial charge in [0.15, 0.2) is 0 Å².